The van der Waals surface area contributed by atoms with Crippen LogP contribution in [0.4, 0.5) is 0 Å². The number of carbonyl (C=O) groups excluding carboxylic acids is 1. The second kappa shape index (κ2) is 4.00. The second-order valence-corrected chi connectivity index (χ2v) is 4.42. The van der Waals surface area contributed by atoms with E-state index >= 15 is 0 Å². The molecule has 1 aliphatic heterocycles. The molecule has 0 aromatic carbocycles. The number of aliphatic imine (C=N–C) groups is 1. The van der Waals surface area contributed by atoms with E-state index in [2.05, 4.69) is 15.3 Å². The summed E-state index contributed by atoms with van der Waals surface area (Å²) in [6, 6.07) is -0.144. The standard InChI is InChI=1S/C8H7ClN4OS/c9-8-13-5(7(10)14)6(15-8)4-1-2-11-3-12-4/h1-4H,(H2,10,14)(H,11,12)/t4-/m0/s1. The van der Waals surface area contributed by atoms with Gasteiger partial charge in [0.25, 0.3) is 5.91 Å². The number of amides is 1. The highest BCUT2D eigenvalue weighted by Crippen LogP contribution is 2.29. The predicted octanol–water partition coefficient (Wildman–Crippen LogP) is 1.08. The smallest absolute Gasteiger partial charge is 0.268 e. The zero-order chi connectivity index (χ0) is 10.8. The number of nitrogens with one attached hydrogen (secondary N) is 1. The quantitative estimate of drug-likeness (QED) is 0.814. The van der Waals surface area contributed by atoms with E-state index in [0.717, 1.165) is 0 Å². The number of nitrogens with zero attached hydrogens (tertiary/aromatic N) is 2. The minimum Gasteiger partial charge on any atom is -0.365 e. The number of hydrogen-bond donors (Lipinski definition) is 2. The molecule has 2 heterocycles. The number of thiazole rings is 1. The van der Waals surface area contributed by atoms with E-state index in [0.29, 0.717) is 9.34 Å². The van der Waals surface area contributed by atoms with Crippen LogP contribution in [0.5, 0.6) is 0 Å². The Bertz CT molecular complexity index is 453. The number of halogens is 1. The largest absolute Gasteiger partial charge is 0.365 e. The summed E-state index contributed by atoms with van der Waals surface area (Å²) in [5, 5.41) is 2.97. The van der Waals surface area contributed by atoms with E-state index in [-0.39, 0.29) is 11.7 Å². The third kappa shape index (κ3) is 2.00. The van der Waals surface area contributed by atoms with Crippen molar-refractivity contribution in [1.82, 2.24) is 10.3 Å². The molecule has 1 amide bonds. The van der Waals surface area contributed by atoms with E-state index < -0.39 is 5.91 Å². The fraction of sp³-hybridized carbons (Fsp3) is 0.125. The molecule has 0 unspecified atom stereocenters. The fourth-order valence-electron chi connectivity index (χ4n) is 1.21. The molecule has 1 atom stereocenters. The predicted molar refractivity (Wildman–Crippen MR) is 59.2 cm³/mol. The number of hydrogen-bond acceptors (Lipinski definition) is 5. The van der Waals surface area contributed by atoms with Crippen LogP contribution in [0.2, 0.25) is 4.47 Å². The van der Waals surface area contributed by atoms with Gasteiger partial charge in [-0.15, -0.1) is 11.3 Å². The third-order valence-corrected chi connectivity index (χ3v) is 3.08. The minimum absolute atomic E-state index is 0.144. The number of aromatic nitrogens is 1. The average molecular weight is 243 g/mol. The van der Waals surface area contributed by atoms with E-state index in [1.165, 1.54) is 11.3 Å². The van der Waals surface area contributed by atoms with E-state index in [9.17, 15) is 4.79 Å². The van der Waals surface area contributed by atoms with Gasteiger partial charge in [0.1, 0.15) is 5.69 Å². The van der Waals surface area contributed by atoms with Gasteiger partial charge in [-0.25, -0.2) is 9.98 Å². The van der Waals surface area contributed by atoms with Crippen molar-refractivity contribution in [3.8, 4) is 0 Å². The first-order chi connectivity index (χ1) is 7.18. The van der Waals surface area contributed by atoms with Gasteiger partial charge < -0.3 is 11.1 Å². The maximum atomic E-state index is 11.1. The highest BCUT2D eigenvalue weighted by atomic mass is 35.5. The molecule has 0 saturated heterocycles. The molecule has 1 aromatic rings. The molecule has 2 rings (SSSR count). The highest BCUT2D eigenvalue weighted by Gasteiger charge is 2.21. The van der Waals surface area contributed by atoms with Crippen molar-refractivity contribution >= 4 is 35.2 Å². The van der Waals surface area contributed by atoms with Gasteiger partial charge in [0.05, 0.1) is 17.3 Å². The molecule has 1 aromatic heterocycles. The summed E-state index contributed by atoms with van der Waals surface area (Å²) in [5.41, 5.74) is 5.41. The van der Waals surface area contributed by atoms with Gasteiger partial charge in [0, 0.05) is 6.20 Å². The summed E-state index contributed by atoms with van der Waals surface area (Å²) < 4.78 is 0.302. The van der Waals surface area contributed by atoms with Crippen molar-refractivity contribution < 1.29 is 4.79 Å². The summed E-state index contributed by atoms with van der Waals surface area (Å²) in [5.74, 6) is -0.578. The Morgan fingerprint density at radius 2 is 2.47 bits per heavy atom. The normalized spacial score (nSPS) is 18.9. The van der Waals surface area contributed by atoms with Crippen molar-refractivity contribution in [3.05, 3.63) is 27.3 Å². The van der Waals surface area contributed by atoms with Gasteiger partial charge in [-0.2, -0.15) is 0 Å². The van der Waals surface area contributed by atoms with Gasteiger partial charge in [-0.05, 0) is 6.08 Å². The van der Waals surface area contributed by atoms with Crippen molar-refractivity contribution in [2.75, 3.05) is 0 Å². The molecule has 0 spiro atoms. The minimum atomic E-state index is -0.578. The van der Waals surface area contributed by atoms with E-state index in [4.69, 9.17) is 17.3 Å². The van der Waals surface area contributed by atoms with Gasteiger partial charge in [-0.1, -0.05) is 11.6 Å². The van der Waals surface area contributed by atoms with E-state index in [1.807, 2.05) is 0 Å². The van der Waals surface area contributed by atoms with Crippen LogP contribution in [0, 0.1) is 0 Å². The topological polar surface area (TPSA) is 80.4 Å². The molecule has 3 N–H and O–H groups in total. The molecule has 0 saturated carbocycles. The lowest BCUT2D eigenvalue weighted by molar-refractivity contribution is 0.0995. The maximum Gasteiger partial charge on any atom is 0.268 e. The number of nitrogens with two attached hydrogens (primary N) is 1. The van der Waals surface area contributed by atoms with Crippen LogP contribution >= 0.6 is 22.9 Å². The van der Waals surface area contributed by atoms with Crippen molar-refractivity contribution in [2.24, 2.45) is 10.7 Å². The highest BCUT2D eigenvalue weighted by molar-refractivity contribution is 7.16. The summed E-state index contributed by atoms with van der Waals surface area (Å²) >= 11 is 6.97. The molecule has 5 nitrogen and oxygen atoms in total. The molecule has 0 aliphatic carbocycles. The Morgan fingerprint density at radius 1 is 1.67 bits per heavy atom. The van der Waals surface area contributed by atoms with Crippen LogP contribution in [-0.4, -0.2) is 17.2 Å². The lowest BCUT2D eigenvalue weighted by Crippen LogP contribution is -2.22. The Morgan fingerprint density at radius 3 is 3.07 bits per heavy atom. The van der Waals surface area contributed by atoms with Crippen molar-refractivity contribution in [3.63, 3.8) is 0 Å². The summed E-state index contributed by atoms with van der Waals surface area (Å²) in [4.78, 5) is 19.5. The third-order valence-electron chi connectivity index (χ3n) is 1.84. The SMILES string of the molecule is NC(=O)c1nc(Cl)sc1[C@@H]1C=CN=CN1. The lowest BCUT2D eigenvalue weighted by Gasteiger charge is -2.13. The van der Waals surface area contributed by atoms with Gasteiger partial charge >= 0.3 is 0 Å². The molecule has 1 aliphatic rings. The van der Waals surface area contributed by atoms with Crippen LogP contribution in [0.25, 0.3) is 0 Å². The number of primary amides is 1. The fourth-order valence-corrected chi connectivity index (χ4v) is 2.38. The summed E-state index contributed by atoms with van der Waals surface area (Å²) in [7, 11) is 0. The maximum absolute atomic E-state index is 11.1. The van der Waals surface area contributed by atoms with Crippen LogP contribution < -0.4 is 11.1 Å². The Balaban J connectivity index is 2.38. The molecule has 78 valence electrons. The van der Waals surface area contributed by atoms with Gasteiger partial charge in [0.2, 0.25) is 0 Å². The molecule has 0 fully saturated rings. The van der Waals surface area contributed by atoms with Crippen LogP contribution in [-0.2, 0) is 0 Å². The molecule has 7 heteroatoms. The zero-order valence-corrected chi connectivity index (χ0v) is 9.05. The Hall–Kier alpha value is -1.40. The lowest BCUT2D eigenvalue weighted by atomic mass is 10.2. The monoisotopic (exact) mass is 242 g/mol. The number of rotatable bonds is 2. The Labute approximate surface area is 94.7 Å². The van der Waals surface area contributed by atoms with Crippen LogP contribution in [0.3, 0.4) is 0 Å². The van der Waals surface area contributed by atoms with Crippen LogP contribution in [0.1, 0.15) is 21.4 Å². The molecule has 15 heavy (non-hydrogen) atoms. The first kappa shape index (κ1) is 10.1. The van der Waals surface area contributed by atoms with Gasteiger partial charge in [-0.3, -0.25) is 4.79 Å². The first-order valence-corrected chi connectivity index (χ1v) is 5.28. The molecule has 0 bridgehead atoms. The second-order valence-electron chi connectivity index (χ2n) is 2.81. The van der Waals surface area contributed by atoms with Gasteiger partial charge in [0.15, 0.2) is 4.47 Å². The van der Waals surface area contributed by atoms with E-state index in [1.54, 1.807) is 18.6 Å². The van der Waals surface area contributed by atoms with Crippen LogP contribution in [0.15, 0.2) is 17.3 Å². The molecule has 0 radical (unpaired) electrons. The zero-order valence-electron chi connectivity index (χ0n) is 7.48. The Kier molecular flexibility index (Phi) is 2.70. The summed E-state index contributed by atoms with van der Waals surface area (Å²) in [6.45, 7) is 0. The van der Waals surface area contributed by atoms with Crippen molar-refractivity contribution in [1.29, 1.82) is 0 Å². The number of carbonyl (C=O) groups is 1. The summed E-state index contributed by atoms with van der Waals surface area (Å²) in [6.07, 6.45) is 4.99. The average Bonchev–Trinajstić information content (AvgIpc) is 2.62. The van der Waals surface area contributed by atoms with Crippen molar-refractivity contribution in [2.45, 2.75) is 6.04 Å². The molecular formula is C8H7ClN4OS. The molecular weight excluding hydrogens is 236 g/mol. The first-order valence-electron chi connectivity index (χ1n) is 4.09.